The second-order valence-electron chi connectivity index (χ2n) is 7.82. The van der Waals surface area contributed by atoms with Crippen LogP contribution < -0.4 is 10.6 Å². The van der Waals surface area contributed by atoms with Crippen LogP contribution in [0.1, 0.15) is 66.4 Å². The zero-order chi connectivity index (χ0) is 21.3. The standard InChI is InChI=1S/C20H26N6O2S2/c1-3-28-18(27)16-15(14(10-21)17(22)30-16)11-29-20-24-23-19(26(20)13-4-5-13)25-8-6-12(2)7-9-25/h12-13H,3-9,11,22H2,1-2H3. The largest absolute Gasteiger partial charge is 0.462 e. The van der Waals surface area contributed by atoms with Crippen molar-refractivity contribution < 1.29 is 9.53 Å². The molecule has 3 heterocycles. The van der Waals surface area contributed by atoms with Gasteiger partial charge in [-0.05, 0) is 38.5 Å². The molecule has 160 valence electrons. The van der Waals surface area contributed by atoms with E-state index >= 15 is 0 Å². The average molecular weight is 447 g/mol. The van der Waals surface area contributed by atoms with Crippen molar-refractivity contribution in [2.24, 2.45) is 5.92 Å². The Hall–Kier alpha value is -2.25. The Morgan fingerprint density at radius 3 is 2.70 bits per heavy atom. The van der Waals surface area contributed by atoms with Gasteiger partial charge in [-0.25, -0.2) is 4.79 Å². The summed E-state index contributed by atoms with van der Waals surface area (Å²) in [7, 11) is 0. The van der Waals surface area contributed by atoms with Crippen LogP contribution in [-0.4, -0.2) is 40.4 Å². The smallest absolute Gasteiger partial charge is 0.348 e. The zero-order valence-electron chi connectivity index (χ0n) is 17.3. The molecular formula is C20H26N6O2S2. The first-order valence-corrected chi connectivity index (χ1v) is 12.1. The van der Waals surface area contributed by atoms with Crippen molar-refractivity contribution in [2.45, 2.75) is 56.5 Å². The van der Waals surface area contributed by atoms with Gasteiger partial charge in [-0.15, -0.1) is 21.5 Å². The predicted octanol–water partition coefficient (Wildman–Crippen LogP) is 3.83. The van der Waals surface area contributed by atoms with Crippen molar-refractivity contribution in [3.8, 4) is 6.07 Å². The Morgan fingerprint density at radius 2 is 2.07 bits per heavy atom. The maximum atomic E-state index is 12.4. The third-order valence-corrected chi connectivity index (χ3v) is 7.59. The van der Waals surface area contributed by atoms with Crippen molar-refractivity contribution in [1.82, 2.24) is 14.8 Å². The molecule has 2 aliphatic rings. The van der Waals surface area contributed by atoms with Crippen molar-refractivity contribution >= 4 is 40.0 Å². The van der Waals surface area contributed by atoms with Crippen molar-refractivity contribution in [2.75, 3.05) is 30.3 Å². The Kier molecular flexibility index (Phi) is 6.20. The van der Waals surface area contributed by atoms with E-state index in [0.717, 1.165) is 54.3 Å². The van der Waals surface area contributed by atoms with Crippen molar-refractivity contribution in [3.63, 3.8) is 0 Å². The van der Waals surface area contributed by atoms with Crippen LogP contribution in [0, 0.1) is 17.2 Å². The van der Waals surface area contributed by atoms with Crippen LogP contribution in [0.3, 0.4) is 0 Å². The van der Waals surface area contributed by atoms with E-state index in [1.807, 2.05) is 0 Å². The summed E-state index contributed by atoms with van der Waals surface area (Å²) in [5.74, 6) is 1.69. The molecule has 0 aromatic carbocycles. The van der Waals surface area contributed by atoms with Gasteiger partial charge in [0.1, 0.15) is 15.9 Å². The maximum absolute atomic E-state index is 12.4. The lowest BCUT2D eigenvalue weighted by Crippen LogP contribution is -2.34. The number of piperidine rings is 1. The molecule has 2 N–H and O–H groups in total. The zero-order valence-corrected chi connectivity index (χ0v) is 18.9. The molecule has 2 aromatic heterocycles. The van der Waals surface area contributed by atoms with Gasteiger partial charge in [0.05, 0.1) is 12.2 Å². The Bertz CT molecular complexity index is 967. The van der Waals surface area contributed by atoms with Crippen LogP contribution in [0.15, 0.2) is 5.16 Å². The monoisotopic (exact) mass is 446 g/mol. The SMILES string of the molecule is CCOC(=O)c1sc(N)c(C#N)c1CSc1nnc(N2CCC(C)CC2)n1C1CC1. The summed E-state index contributed by atoms with van der Waals surface area (Å²) in [6, 6.07) is 2.58. The number of carbonyl (C=O) groups excluding carboxylic acids is 1. The minimum atomic E-state index is -0.432. The normalized spacial score (nSPS) is 17.2. The topological polar surface area (TPSA) is 110 Å². The lowest BCUT2D eigenvalue weighted by molar-refractivity contribution is 0.0531. The van der Waals surface area contributed by atoms with Crippen molar-refractivity contribution in [1.29, 1.82) is 5.26 Å². The fourth-order valence-electron chi connectivity index (χ4n) is 3.69. The molecule has 30 heavy (non-hydrogen) atoms. The lowest BCUT2D eigenvalue weighted by atomic mass is 10.00. The van der Waals surface area contributed by atoms with Crippen LogP contribution in [0.4, 0.5) is 10.9 Å². The molecule has 0 amide bonds. The molecule has 1 aliphatic heterocycles. The van der Waals surface area contributed by atoms with Gasteiger partial charge in [-0.2, -0.15) is 5.26 Å². The number of anilines is 2. The number of thioether (sulfide) groups is 1. The molecule has 0 radical (unpaired) electrons. The molecule has 0 unspecified atom stereocenters. The van der Waals surface area contributed by atoms with E-state index in [4.69, 9.17) is 10.5 Å². The fraction of sp³-hybridized carbons (Fsp3) is 0.600. The Balaban J connectivity index is 1.58. The summed E-state index contributed by atoms with van der Waals surface area (Å²) < 4.78 is 7.40. The number of ether oxygens (including phenoxy) is 1. The number of nitrogen functional groups attached to an aromatic ring is 1. The predicted molar refractivity (Wildman–Crippen MR) is 118 cm³/mol. The number of rotatable bonds is 7. The van der Waals surface area contributed by atoms with Gasteiger partial charge >= 0.3 is 5.97 Å². The Morgan fingerprint density at radius 1 is 1.33 bits per heavy atom. The third-order valence-electron chi connectivity index (χ3n) is 5.58. The number of thiophene rings is 1. The molecule has 8 nitrogen and oxygen atoms in total. The van der Waals surface area contributed by atoms with Crippen LogP contribution in [0.2, 0.25) is 0 Å². The molecular weight excluding hydrogens is 420 g/mol. The van der Waals surface area contributed by atoms with Gasteiger partial charge in [0.25, 0.3) is 0 Å². The van der Waals surface area contributed by atoms with E-state index in [1.165, 1.54) is 24.6 Å². The van der Waals surface area contributed by atoms with Gasteiger partial charge in [0.15, 0.2) is 5.16 Å². The van der Waals surface area contributed by atoms with Crippen LogP contribution in [0.5, 0.6) is 0 Å². The first kappa shape index (κ1) is 21.0. The van der Waals surface area contributed by atoms with E-state index in [9.17, 15) is 10.1 Å². The number of nitrogens with zero attached hydrogens (tertiary/aromatic N) is 5. The second-order valence-corrected chi connectivity index (χ2v) is 9.82. The van der Waals surface area contributed by atoms with Gasteiger partial charge in [0.2, 0.25) is 5.95 Å². The van der Waals surface area contributed by atoms with Crippen LogP contribution >= 0.6 is 23.1 Å². The highest BCUT2D eigenvalue weighted by Gasteiger charge is 2.33. The molecule has 0 spiro atoms. The second kappa shape index (κ2) is 8.86. The minimum Gasteiger partial charge on any atom is -0.462 e. The van der Waals surface area contributed by atoms with E-state index < -0.39 is 5.97 Å². The first-order chi connectivity index (χ1) is 14.5. The summed E-state index contributed by atoms with van der Waals surface area (Å²) in [4.78, 5) is 15.1. The molecule has 4 rings (SSSR count). The molecule has 1 saturated heterocycles. The average Bonchev–Trinajstić information content (AvgIpc) is 3.40. The fourth-order valence-corrected chi connectivity index (χ4v) is 5.74. The van der Waals surface area contributed by atoms with Gasteiger partial charge in [-0.1, -0.05) is 18.7 Å². The van der Waals surface area contributed by atoms with Crippen LogP contribution in [-0.2, 0) is 10.5 Å². The molecule has 2 fully saturated rings. The highest BCUT2D eigenvalue weighted by molar-refractivity contribution is 7.98. The van der Waals surface area contributed by atoms with E-state index in [0.29, 0.717) is 32.8 Å². The number of carbonyl (C=O) groups is 1. The molecule has 0 bridgehead atoms. The van der Waals surface area contributed by atoms with Gasteiger partial charge < -0.3 is 15.4 Å². The number of esters is 1. The van der Waals surface area contributed by atoms with E-state index in [1.54, 1.807) is 6.92 Å². The van der Waals surface area contributed by atoms with Gasteiger partial charge in [-0.3, -0.25) is 4.57 Å². The Labute approximate surface area is 184 Å². The highest BCUT2D eigenvalue weighted by Crippen LogP contribution is 2.43. The quantitative estimate of drug-likeness (QED) is 0.505. The maximum Gasteiger partial charge on any atom is 0.348 e. The summed E-state index contributed by atoms with van der Waals surface area (Å²) >= 11 is 2.62. The van der Waals surface area contributed by atoms with Crippen LogP contribution in [0.25, 0.3) is 0 Å². The first-order valence-electron chi connectivity index (χ1n) is 10.3. The number of hydrogen-bond acceptors (Lipinski definition) is 9. The van der Waals surface area contributed by atoms with Crippen molar-refractivity contribution in [3.05, 3.63) is 16.0 Å². The molecule has 1 saturated carbocycles. The van der Waals surface area contributed by atoms with E-state index in [-0.39, 0.29) is 6.61 Å². The molecule has 0 atom stereocenters. The number of hydrogen-bond donors (Lipinski definition) is 1. The minimum absolute atomic E-state index is 0.277. The highest BCUT2D eigenvalue weighted by atomic mass is 32.2. The van der Waals surface area contributed by atoms with E-state index in [2.05, 4.69) is 32.7 Å². The summed E-state index contributed by atoms with van der Waals surface area (Å²) in [5, 5.41) is 19.7. The molecule has 10 heteroatoms. The lowest BCUT2D eigenvalue weighted by Gasteiger charge is -2.31. The summed E-state index contributed by atoms with van der Waals surface area (Å²) in [6.45, 7) is 6.34. The molecule has 1 aliphatic carbocycles. The summed E-state index contributed by atoms with van der Waals surface area (Å²) in [6.07, 6.45) is 4.60. The van der Waals surface area contributed by atoms with Gasteiger partial charge in [0, 0.05) is 30.4 Å². The third kappa shape index (κ3) is 4.14. The molecule has 2 aromatic rings. The number of aromatic nitrogens is 3. The summed E-state index contributed by atoms with van der Waals surface area (Å²) in [5.41, 5.74) is 6.98. The number of nitrogens with two attached hydrogens (primary N) is 1. The number of nitriles is 1.